The quantitative estimate of drug-likeness (QED) is 0.147. The third kappa shape index (κ3) is 8.00. The first-order chi connectivity index (χ1) is 26.5. The zero-order valence-electron chi connectivity index (χ0n) is 31.6. The van der Waals surface area contributed by atoms with Crippen molar-refractivity contribution in [3.8, 4) is 22.9 Å². The van der Waals surface area contributed by atoms with E-state index in [1.54, 1.807) is 30.3 Å². The van der Waals surface area contributed by atoms with Crippen LogP contribution >= 0.6 is 22.9 Å². The number of sulfonamides is 1. The van der Waals surface area contributed by atoms with Gasteiger partial charge in [-0.05, 0) is 73.1 Å². The van der Waals surface area contributed by atoms with Gasteiger partial charge in [0.25, 0.3) is 5.91 Å². The number of methoxy groups -OCH3 is 1. The van der Waals surface area contributed by atoms with Gasteiger partial charge < -0.3 is 25.0 Å². The zero-order valence-corrected chi connectivity index (χ0v) is 34.0. The molecule has 1 aliphatic heterocycles. The number of pyridine rings is 1. The summed E-state index contributed by atoms with van der Waals surface area (Å²) in [5, 5.41) is 9.56. The second-order valence-electron chi connectivity index (χ2n) is 15.7. The molecular formula is C39H44ClFN6O7S2. The number of ether oxygens (including phenoxy) is 2. The van der Waals surface area contributed by atoms with Crippen molar-refractivity contribution in [3.05, 3.63) is 64.9 Å². The molecule has 3 amide bonds. The average Bonchev–Trinajstić information content (AvgIpc) is 4.04. The van der Waals surface area contributed by atoms with Crippen molar-refractivity contribution in [1.82, 2.24) is 24.9 Å². The van der Waals surface area contributed by atoms with Crippen LogP contribution in [-0.2, 0) is 24.4 Å². The van der Waals surface area contributed by atoms with Gasteiger partial charge in [-0.2, -0.15) is 0 Å². The van der Waals surface area contributed by atoms with Crippen molar-refractivity contribution in [2.45, 2.75) is 88.8 Å². The Balaban J connectivity index is 1.19. The molecule has 0 radical (unpaired) electrons. The van der Waals surface area contributed by atoms with Gasteiger partial charge in [-0.1, -0.05) is 45.7 Å². The van der Waals surface area contributed by atoms with E-state index in [9.17, 15) is 27.2 Å². The first-order valence-corrected chi connectivity index (χ1v) is 21.3. The molecule has 13 nitrogen and oxygen atoms in total. The Morgan fingerprint density at radius 1 is 1.12 bits per heavy atom. The van der Waals surface area contributed by atoms with E-state index in [0.717, 1.165) is 0 Å². The van der Waals surface area contributed by atoms with E-state index < -0.39 is 62.1 Å². The molecule has 0 bridgehead atoms. The number of hydrogen-bond donors (Lipinski definition) is 3. The second kappa shape index (κ2) is 15.1. The molecule has 5 atom stereocenters. The van der Waals surface area contributed by atoms with Crippen LogP contribution < -0.4 is 24.8 Å². The Labute approximate surface area is 333 Å². The summed E-state index contributed by atoms with van der Waals surface area (Å²) in [6.45, 7) is 7.54. The van der Waals surface area contributed by atoms with Gasteiger partial charge in [0.05, 0.1) is 30.8 Å². The van der Waals surface area contributed by atoms with E-state index in [2.05, 4.69) is 25.3 Å². The predicted octanol–water partition coefficient (Wildman–Crippen LogP) is 5.93. The Hall–Kier alpha value is -4.54. The van der Waals surface area contributed by atoms with Crippen molar-refractivity contribution in [2.24, 2.45) is 11.3 Å². The monoisotopic (exact) mass is 826 g/mol. The summed E-state index contributed by atoms with van der Waals surface area (Å²) in [7, 11) is -2.35. The van der Waals surface area contributed by atoms with Crippen LogP contribution in [0.5, 0.6) is 11.6 Å². The number of hydrogen-bond acceptors (Lipinski definition) is 11. The molecule has 4 aromatic rings. The molecule has 1 saturated heterocycles. The Morgan fingerprint density at radius 3 is 2.50 bits per heavy atom. The maximum atomic E-state index is 14.8. The van der Waals surface area contributed by atoms with E-state index in [4.69, 9.17) is 21.1 Å². The van der Waals surface area contributed by atoms with Gasteiger partial charge in [-0.15, -0.1) is 11.3 Å². The van der Waals surface area contributed by atoms with Gasteiger partial charge in [-0.3, -0.25) is 19.1 Å². The number of anilines is 1. The molecule has 2 aromatic carbocycles. The fourth-order valence-corrected chi connectivity index (χ4v) is 9.57. The number of halogens is 2. The predicted molar refractivity (Wildman–Crippen MR) is 212 cm³/mol. The standard InChI is InChI=1S/C39H44ClFN6O7S2/c1-6-22-17-39(22,36(50)46-56(51,52)26-12-13-26)45-33(48)30-16-25(54-34-28-15-23(40)9-14-27(28)31(53-5)18-42-34)19-47(30)35(49)32(38(2,3)4)44-37-43-29(20-55-37)21-7-10-24(41)11-8-21/h7-11,14-15,18,20,22,25-26,30,32H,6,12-13,16-17,19H2,1-5H3,(H,43,44)(H,45,48)(H,46,50)/t22-,25-,30+,32-,39-/m1/s1. The second-order valence-corrected chi connectivity index (χ2v) is 19.0. The lowest BCUT2D eigenvalue weighted by Gasteiger charge is -2.35. The van der Waals surface area contributed by atoms with E-state index in [1.165, 1.54) is 41.7 Å². The van der Waals surface area contributed by atoms with Crippen LogP contribution in [0.1, 0.15) is 59.8 Å². The van der Waals surface area contributed by atoms with Gasteiger partial charge in [0.2, 0.25) is 27.7 Å². The minimum Gasteiger partial charge on any atom is -0.494 e. The van der Waals surface area contributed by atoms with Crippen LogP contribution in [0.25, 0.3) is 22.0 Å². The lowest BCUT2D eigenvalue weighted by molar-refractivity contribution is -0.141. The first-order valence-electron chi connectivity index (χ1n) is 18.5. The summed E-state index contributed by atoms with van der Waals surface area (Å²) in [6, 6.07) is 9.19. The number of fused-ring (bicyclic) bond motifs is 1. The highest BCUT2D eigenvalue weighted by Crippen LogP contribution is 2.47. The highest BCUT2D eigenvalue weighted by atomic mass is 35.5. The summed E-state index contributed by atoms with van der Waals surface area (Å²) < 4.78 is 53.3. The van der Waals surface area contributed by atoms with Gasteiger partial charge in [0.1, 0.15) is 35.3 Å². The molecule has 2 saturated carbocycles. The summed E-state index contributed by atoms with van der Waals surface area (Å²) in [5.41, 5.74) is -0.817. The third-order valence-corrected chi connectivity index (χ3v) is 13.5. The third-order valence-electron chi connectivity index (χ3n) is 10.7. The highest BCUT2D eigenvalue weighted by Gasteiger charge is 2.62. The normalized spacial score (nSPS) is 22.7. The number of carbonyl (C=O) groups is 3. The van der Waals surface area contributed by atoms with Gasteiger partial charge >= 0.3 is 0 Å². The van der Waals surface area contributed by atoms with Gasteiger partial charge in [0.15, 0.2) is 5.13 Å². The van der Waals surface area contributed by atoms with Crippen LogP contribution in [0.4, 0.5) is 9.52 Å². The number of likely N-dealkylation sites (tertiary alicyclic amines) is 1. The number of aromatic nitrogens is 2. The number of thiazole rings is 1. The lowest BCUT2D eigenvalue weighted by Crippen LogP contribution is -2.58. The van der Waals surface area contributed by atoms with E-state index >= 15 is 0 Å². The van der Waals surface area contributed by atoms with E-state index in [0.29, 0.717) is 57.2 Å². The number of nitrogens with one attached hydrogen (secondary N) is 3. The zero-order chi connectivity index (χ0) is 40.2. The molecule has 3 N–H and O–H groups in total. The molecule has 0 unspecified atom stereocenters. The minimum atomic E-state index is -3.88. The van der Waals surface area contributed by atoms with E-state index in [-0.39, 0.29) is 37.0 Å². The number of rotatable bonds is 13. The first kappa shape index (κ1) is 39.7. The lowest BCUT2D eigenvalue weighted by atomic mass is 9.85. The number of carbonyl (C=O) groups excluding carboxylic acids is 3. The fraction of sp³-hybridized carbons (Fsp3) is 0.462. The summed E-state index contributed by atoms with van der Waals surface area (Å²) in [6.07, 6.45) is 2.59. The molecule has 298 valence electrons. The number of nitrogens with zero attached hydrogens (tertiary/aromatic N) is 3. The maximum absolute atomic E-state index is 14.8. The summed E-state index contributed by atoms with van der Waals surface area (Å²) in [5.74, 6) is -1.69. The molecule has 7 rings (SSSR count). The number of amides is 3. The maximum Gasteiger partial charge on any atom is 0.259 e. The topological polar surface area (TPSA) is 169 Å². The summed E-state index contributed by atoms with van der Waals surface area (Å²) >= 11 is 7.66. The van der Waals surface area contributed by atoms with Crippen LogP contribution in [0, 0.1) is 17.2 Å². The SMILES string of the molecule is CC[C@@H]1C[C@]1(NC(=O)[C@@H]1C[C@@H](Oc2ncc(OC)c3ccc(Cl)cc23)CN1C(=O)[C@@H](Nc1nc(-c2ccc(F)cc2)cs1)C(C)(C)C)C(=O)NS(=O)(=O)C1CC1. The fourth-order valence-electron chi connectivity index (χ4n) is 7.28. The summed E-state index contributed by atoms with van der Waals surface area (Å²) in [4.78, 5) is 53.5. The van der Waals surface area contributed by atoms with Crippen LogP contribution in [0.2, 0.25) is 5.02 Å². The largest absolute Gasteiger partial charge is 0.494 e. The minimum absolute atomic E-state index is 0.00783. The van der Waals surface area contributed by atoms with Gasteiger partial charge in [0, 0.05) is 33.2 Å². The molecule has 2 aromatic heterocycles. The van der Waals surface area contributed by atoms with Crippen LogP contribution in [-0.4, -0.2) is 83.6 Å². The molecule has 3 heterocycles. The molecule has 56 heavy (non-hydrogen) atoms. The van der Waals surface area contributed by atoms with Crippen molar-refractivity contribution in [3.63, 3.8) is 0 Å². The van der Waals surface area contributed by atoms with Crippen LogP contribution in [0.3, 0.4) is 0 Å². The molecule has 3 aliphatic rings. The van der Waals surface area contributed by atoms with E-state index in [1.807, 2.05) is 33.1 Å². The molecular weight excluding hydrogens is 783 g/mol. The molecule has 2 aliphatic carbocycles. The Morgan fingerprint density at radius 2 is 1.86 bits per heavy atom. The molecule has 3 fully saturated rings. The average molecular weight is 827 g/mol. The van der Waals surface area contributed by atoms with Crippen molar-refractivity contribution >= 4 is 66.6 Å². The van der Waals surface area contributed by atoms with Crippen molar-refractivity contribution in [1.29, 1.82) is 0 Å². The number of benzene rings is 2. The van der Waals surface area contributed by atoms with Crippen LogP contribution in [0.15, 0.2) is 54.0 Å². The molecule has 0 spiro atoms. The highest BCUT2D eigenvalue weighted by molar-refractivity contribution is 7.91. The van der Waals surface area contributed by atoms with Crippen molar-refractivity contribution < 1.29 is 36.7 Å². The van der Waals surface area contributed by atoms with Gasteiger partial charge in [-0.25, -0.2) is 22.8 Å². The Bertz CT molecular complexity index is 2280. The Kier molecular flexibility index (Phi) is 10.7. The molecule has 17 heteroatoms. The smallest absolute Gasteiger partial charge is 0.259 e. The van der Waals surface area contributed by atoms with Crippen molar-refractivity contribution in [2.75, 3.05) is 19.0 Å².